The summed E-state index contributed by atoms with van der Waals surface area (Å²) in [6.07, 6.45) is 7.19. The van der Waals surface area contributed by atoms with Gasteiger partial charge in [0.2, 0.25) is 0 Å². The number of carbonyl (C=O) groups is 2. The molecule has 168 valence electrons. The van der Waals surface area contributed by atoms with E-state index in [1.54, 1.807) is 0 Å². The highest BCUT2D eigenvalue weighted by Crippen LogP contribution is 2.42. The molecule has 4 fully saturated rings. The molecule has 1 aliphatic carbocycles. The van der Waals surface area contributed by atoms with Crippen molar-refractivity contribution in [2.24, 2.45) is 5.92 Å². The Bertz CT molecular complexity index is 816. The first kappa shape index (κ1) is 21.0. The van der Waals surface area contributed by atoms with E-state index >= 15 is 0 Å². The molecular weight excluding hydrogens is 390 g/mol. The number of likely N-dealkylation sites (tertiary alicyclic amines) is 1. The average Bonchev–Trinajstić information content (AvgIpc) is 3.62. The van der Waals surface area contributed by atoms with Gasteiger partial charge in [-0.2, -0.15) is 0 Å². The normalized spacial score (nSPS) is 28.5. The van der Waals surface area contributed by atoms with E-state index in [2.05, 4.69) is 17.0 Å². The zero-order valence-corrected chi connectivity index (χ0v) is 18.7. The van der Waals surface area contributed by atoms with Crippen LogP contribution < -0.4 is 4.90 Å². The van der Waals surface area contributed by atoms with Gasteiger partial charge in [-0.05, 0) is 87.9 Å². The second-order valence-electron chi connectivity index (χ2n) is 9.77. The molecule has 0 radical (unpaired) electrons. The lowest BCUT2D eigenvalue weighted by Crippen LogP contribution is -2.50. The van der Waals surface area contributed by atoms with Crippen LogP contribution in [0.25, 0.3) is 0 Å². The largest absolute Gasteiger partial charge is 0.381 e. The number of likely N-dealkylation sites (N-methyl/N-ethyl adjacent to an activating group) is 1. The quantitative estimate of drug-likeness (QED) is 0.669. The van der Waals surface area contributed by atoms with Gasteiger partial charge in [0.25, 0.3) is 5.91 Å². The Morgan fingerprint density at radius 1 is 1.00 bits per heavy atom. The number of benzene rings is 1. The number of imide groups is 1. The fourth-order valence-corrected chi connectivity index (χ4v) is 5.83. The van der Waals surface area contributed by atoms with Crippen LogP contribution in [0.4, 0.5) is 10.5 Å². The van der Waals surface area contributed by atoms with Gasteiger partial charge in [0.1, 0.15) is 5.54 Å². The third-order valence-corrected chi connectivity index (χ3v) is 7.82. The van der Waals surface area contributed by atoms with Crippen molar-refractivity contribution in [2.45, 2.75) is 63.3 Å². The zero-order chi connectivity index (χ0) is 21.4. The summed E-state index contributed by atoms with van der Waals surface area (Å²) in [5, 5.41) is 0. The van der Waals surface area contributed by atoms with Crippen LogP contribution in [-0.4, -0.2) is 66.7 Å². The maximum Gasteiger partial charge on any atom is 0.332 e. The molecule has 3 heterocycles. The molecule has 1 atom stereocenters. The maximum atomic E-state index is 13.8. The molecule has 3 amide bonds. The van der Waals surface area contributed by atoms with Gasteiger partial charge in [-0.25, -0.2) is 9.69 Å². The Kier molecular flexibility index (Phi) is 5.78. The lowest BCUT2D eigenvalue weighted by atomic mass is 9.88. The monoisotopic (exact) mass is 425 g/mol. The van der Waals surface area contributed by atoms with E-state index in [4.69, 9.17) is 4.74 Å². The smallest absolute Gasteiger partial charge is 0.332 e. The fourth-order valence-electron chi connectivity index (χ4n) is 5.83. The second kappa shape index (κ2) is 8.55. The third kappa shape index (κ3) is 3.89. The first-order chi connectivity index (χ1) is 15.1. The van der Waals surface area contributed by atoms with Gasteiger partial charge in [-0.3, -0.25) is 4.79 Å². The lowest BCUT2D eigenvalue weighted by Gasteiger charge is -2.34. The molecule has 31 heavy (non-hydrogen) atoms. The number of anilines is 1. The van der Waals surface area contributed by atoms with Crippen molar-refractivity contribution >= 4 is 17.6 Å². The van der Waals surface area contributed by atoms with Gasteiger partial charge in [0, 0.05) is 32.8 Å². The Labute approximate surface area is 185 Å². The number of nitrogens with zero attached hydrogens (tertiary/aromatic N) is 3. The zero-order valence-electron chi connectivity index (χ0n) is 18.7. The van der Waals surface area contributed by atoms with Crippen LogP contribution in [0.15, 0.2) is 24.3 Å². The van der Waals surface area contributed by atoms with E-state index in [0.29, 0.717) is 18.4 Å². The highest BCUT2D eigenvalue weighted by Gasteiger charge is 2.57. The van der Waals surface area contributed by atoms with Crippen LogP contribution in [0.2, 0.25) is 0 Å². The van der Waals surface area contributed by atoms with Crippen molar-refractivity contribution in [1.29, 1.82) is 0 Å². The lowest BCUT2D eigenvalue weighted by molar-refractivity contribution is -0.125. The van der Waals surface area contributed by atoms with E-state index in [0.717, 1.165) is 70.6 Å². The number of ether oxygens (including phenoxy) is 1. The molecule has 0 aromatic heterocycles. The molecule has 1 aromatic carbocycles. The molecule has 1 spiro atoms. The molecular formula is C25H35N3O3. The Balaban J connectivity index is 1.33. The van der Waals surface area contributed by atoms with Crippen molar-refractivity contribution < 1.29 is 14.3 Å². The minimum atomic E-state index is -0.689. The van der Waals surface area contributed by atoms with Gasteiger partial charge in [0.05, 0.1) is 5.69 Å². The summed E-state index contributed by atoms with van der Waals surface area (Å²) >= 11 is 0. The summed E-state index contributed by atoms with van der Waals surface area (Å²) in [6.45, 7) is 7.27. The van der Waals surface area contributed by atoms with Gasteiger partial charge >= 0.3 is 6.03 Å². The minimum absolute atomic E-state index is 0.0218. The third-order valence-electron chi connectivity index (χ3n) is 7.82. The summed E-state index contributed by atoms with van der Waals surface area (Å²) < 4.78 is 5.51. The molecule has 6 nitrogen and oxygen atoms in total. The van der Waals surface area contributed by atoms with E-state index in [-0.39, 0.29) is 11.9 Å². The van der Waals surface area contributed by atoms with Crippen LogP contribution >= 0.6 is 0 Å². The van der Waals surface area contributed by atoms with E-state index in [1.165, 1.54) is 23.3 Å². The molecule has 0 unspecified atom stereocenters. The van der Waals surface area contributed by atoms with Crippen LogP contribution in [0.1, 0.15) is 63.4 Å². The number of carbonyl (C=O) groups excluding carboxylic acids is 2. The Hall–Kier alpha value is -1.92. The molecule has 1 aromatic rings. The van der Waals surface area contributed by atoms with Crippen LogP contribution in [0, 0.1) is 5.92 Å². The number of amides is 3. The molecule has 3 aliphatic heterocycles. The molecule has 1 saturated carbocycles. The van der Waals surface area contributed by atoms with Crippen molar-refractivity contribution in [3.8, 4) is 0 Å². The summed E-state index contributed by atoms with van der Waals surface area (Å²) in [7, 11) is 0. The first-order valence-electron chi connectivity index (χ1n) is 12.2. The van der Waals surface area contributed by atoms with Crippen molar-refractivity contribution in [1.82, 2.24) is 9.80 Å². The van der Waals surface area contributed by atoms with Crippen LogP contribution in [0.5, 0.6) is 0 Å². The number of hydrogen-bond acceptors (Lipinski definition) is 4. The van der Waals surface area contributed by atoms with E-state index in [1.807, 2.05) is 24.0 Å². The highest BCUT2D eigenvalue weighted by molar-refractivity contribution is 6.23. The average molecular weight is 426 g/mol. The molecule has 0 N–H and O–H groups in total. The van der Waals surface area contributed by atoms with Crippen molar-refractivity contribution in [3.05, 3.63) is 29.8 Å². The number of rotatable bonds is 5. The van der Waals surface area contributed by atoms with Crippen molar-refractivity contribution in [3.63, 3.8) is 0 Å². The summed E-state index contributed by atoms with van der Waals surface area (Å²) in [6, 6.07) is 7.97. The van der Waals surface area contributed by atoms with Gasteiger partial charge < -0.3 is 14.5 Å². The van der Waals surface area contributed by atoms with Gasteiger partial charge in [-0.15, -0.1) is 0 Å². The van der Waals surface area contributed by atoms with Crippen LogP contribution in [-0.2, 0) is 9.53 Å². The molecule has 4 aliphatic rings. The summed E-state index contributed by atoms with van der Waals surface area (Å²) in [4.78, 5) is 33.0. The summed E-state index contributed by atoms with van der Waals surface area (Å²) in [5.41, 5.74) is 1.35. The Morgan fingerprint density at radius 3 is 2.42 bits per heavy atom. The molecule has 6 heteroatoms. The maximum absolute atomic E-state index is 13.8. The van der Waals surface area contributed by atoms with E-state index < -0.39 is 5.54 Å². The van der Waals surface area contributed by atoms with Gasteiger partial charge in [0.15, 0.2) is 0 Å². The highest BCUT2D eigenvalue weighted by atomic mass is 16.5. The molecule has 0 bridgehead atoms. The first-order valence-corrected chi connectivity index (χ1v) is 12.2. The minimum Gasteiger partial charge on any atom is -0.381 e. The summed E-state index contributed by atoms with van der Waals surface area (Å²) in [5.74, 6) is 1.33. The Morgan fingerprint density at radius 2 is 1.74 bits per heavy atom. The van der Waals surface area contributed by atoms with Gasteiger partial charge in [-0.1, -0.05) is 12.1 Å². The SMILES string of the molecule is CCN1C(=O)N(c2ccc(C3CC3)cc2)C(=O)[C@]12CCCN(CC1CCOCC1)CC2. The predicted molar refractivity (Wildman–Crippen MR) is 120 cm³/mol. The number of urea groups is 1. The molecule has 3 saturated heterocycles. The topological polar surface area (TPSA) is 53.1 Å². The number of hydrogen-bond donors (Lipinski definition) is 0. The fraction of sp³-hybridized carbons (Fsp3) is 0.680. The molecule has 5 rings (SSSR count). The van der Waals surface area contributed by atoms with Crippen molar-refractivity contribution in [2.75, 3.05) is 44.3 Å². The standard InChI is InChI=1S/C25H35N3O3/c1-2-27-24(30)28(22-8-6-21(7-9-22)20-4-5-20)23(29)25(27)12-3-14-26(15-13-25)18-19-10-16-31-17-11-19/h6-9,19-20H,2-5,10-18H2,1H3/t25-/m1/s1. The van der Waals surface area contributed by atoms with Crippen LogP contribution in [0.3, 0.4) is 0 Å². The predicted octanol–water partition coefficient (Wildman–Crippen LogP) is 4.00. The van der Waals surface area contributed by atoms with E-state index in [9.17, 15) is 9.59 Å². The second-order valence-corrected chi connectivity index (χ2v) is 9.77.